The first-order valence-electron chi connectivity index (χ1n) is 9.51. The number of halogens is 3. The summed E-state index contributed by atoms with van der Waals surface area (Å²) in [6.45, 7) is 6.29. The average molecular weight is 398 g/mol. The number of fused-ring (bicyclic) bond motifs is 2. The Labute approximate surface area is 162 Å². The molecule has 3 rings (SSSR count). The van der Waals surface area contributed by atoms with Crippen LogP contribution in [0, 0.1) is 11.8 Å². The zero-order valence-electron chi connectivity index (χ0n) is 16.3. The maximum Gasteiger partial charge on any atom is 0.417 e. The van der Waals surface area contributed by atoms with Crippen LogP contribution >= 0.6 is 0 Å². The molecule has 8 heteroatoms. The molecule has 1 amide bonds. The Morgan fingerprint density at radius 3 is 2.57 bits per heavy atom. The van der Waals surface area contributed by atoms with Crippen molar-refractivity contribution < 1.29 is 27.5 Å². The van der Waals surface area contributed by atoms with E-state index in [2.05, 4.69) is 4.98 Å². The Morgan fingerprint density at radius 1 is 1.21 bits per heavy atom. The van der Waals surface area contributed by atoms with Crippen LogP contribution < -0.4 is 0 Å². The summed E-state index contributed by atoms with van der Waals surface area (Å²) < 4.78 is 44.5. The second-order valence-electron chi connectivity index (χ2n) is 8.64. The number of nitrogens with zero attached hydrogens (tertiary/aromatic N) is 2. The zero-order valence-corrected chi connectivity index (χ0v) is 16.3. The van der Waals surface area contributed by atoms with Gasteiger partial charge in [0, 0.05) is 31.3 Å². The van der Waals surface area contributed by atoms with E-state index in [-0.39, 0.29) is 29.6 Å². The average Bonchev–Trinajstić information content (AvgIpc) is 2.81. The Balaban J connectivity index is 1.82. The number of rotatable bonds is 0. The minimum atomic E-state index is -4.54. The van der Waals surface area contributed by atoms with Gasteiger partial charge in [-0.1, -0.05) is 0 Å². The minimum absolute atomic E-state index is 0.0618. The van der Waals surface area contributed by atoms with E-state index < -0.39 is 23.4 Å². The van der Waals surface area contributed by atoms with Crippen LogP contribution in [0.4, 0.5) is 18.0 Å². The van der Waals surface area contributed by atoms with E-state index in [0.29, 0.717) is 25.2 Å². The van der Waals surface area contributed by atoms with Crippen LogP contribution in [-0.4, -0.2) is 40.5 Å². The standard InChI is InChI=1S/C20H25F3N2O3/c1-19(2,3)28-18(27)25-6-4-5-12-7-16-15(17(26)8-13(12)11-25)9-14(10-24-16)20(21,22)23/h9-10,12-13H,4-8,11H2,1-3H3. The third-order valence-corrected chi connectivity index (χ3v) is 5.28. The molecule has 2 unspecified atom stereocenters. The second-order valence-corrected chi connectivity index (χ2v) is 8.64. The van der Waals surface area contributed by atoms with Crippen LogP contribution in [0.3, 0.4) is 0 Å². The SMILES string of the molecule is CC(C)(C)OC(=O)N1CCCC2Cc3ncc(C(F)(F)F)cc3C(=O)CC2C1. The van der Waals surface area contributed by atoms with Gasteiger partial charge in [-0.2, -0.15) is 13.2 Å². The van der Waals surface area contributed by atoms with Crippen LogP contribution in [0.5, 0.6) is 0 Å². The van der Waals surface area contributed by atoms with Crippen molar-refractivity contribution in [1.82, 2.24) is 9.88 Å². The van der Waals surface area contributed by atoms with Gasteiger partial charge in [-0.3, -0.25) is 9.78 Å². The fourth-order valence-electron chi connectivity index (χ4n) is 3.94. The van der Waals surface area contributed by atoms with Crippen molar-refractivity contribution in [2.75, 3.05) is 13.1 Å². The normalized spacial score (nSPS) is 23.4. The molecule has 0 spiro atoms. The number of likely N-dealkylation sites (tertiary alicyclic amines) is 1. The predicted molar refractivity (Wildman–Crippen MR) is 95.9 cm³/mol. The van der Waals surface area contributed by atoms with Gasteiger partial charge in [0.15, 0.2) is 5.78 Å². The molecule has 1 aliphatic carbocycles. The molecule has 1 aromatic heterocycles. The number of pyridine rings is 1. The fraction of sp³-hybridized carbons (Fsp3) is 0.650. The number of aromatic nitrogens is 1. The van der Waals surface area contributed by atoms with Gasteiger partial charge in [-0.05, 0) is 57.9 Å². The predicted octanol–water partition coefficient (Wildman–Crippen LogP) is 4.49. The third kappa shape index (κ3) is 4.64. The monoisotopic (exact) mass is 398 g/mol. The smallest absolute Gasteiger partial charge is 0.417 e. The van der Waals surface area contributed by atoms with Crippen molar-refractivity contribution in [2.45, 2.75) is 58.2 Å². The highest BCUT2D eigenvalue weighted by molar-refractivity contribution is 5.97. The first kappa shape index (κ1) is 20.6. The molecule has 0 bridgehead atoms. The number of ether oxygens (including phenoxy) is 1. The molecule has 0 saturated carbocycles. The molecule has 5 nitrogen and oxygen atoms in total. The summed E-state index contributed by atoms with van der Waals surface area (Å²) in [5.41, 5.74) is -1.03. The number of carbonyl (C=O) groups excluding carboxylic acids is 2. The number of Topliss-reactive ketones (excluding diaryl/α,β-unsaturated/α-hetero) is 1. The lowest BCUT2D eigenvalue weighted by Gasteiger charge is -2.29. The number of carbonyl (C=O) groups is 2. The molecule has 1 saturated heterocycles. The number of hydrogen-bond acceptors (Lipinski definition) is 4. The number of amides is 1. The molecular weight excluding hydrogens is 373 g/mol. The Kier molecular flexibility index (Phi) is 5.42. The molecular formula is C20H25F3N2O3. The minimum Gasteiger partial charge on any atom is -0.444 e. The lowest BCUT2D eigenvalue weighted by molar-refractivity contribution is -0.137. The zero-order chi connectivity index (χ0) is 20.7. The molecule has 28 heavy (non-hydrogen) atoms. The van der Waals surface area contributed by atoms with Crippen LogP contribution in [0.25, 0.3) is 0 Å². The molecule has 2 heterocycles. The second kappa shape index (κ2) is 7.37. The quantitative estimate of drug-likeness (QED) is 0.646. The number of hydrogen-bond donors (Lipinski definition) is 0. The van der Waals surface area contributed by atoms with Gasteiger partial charge >= 0.3 is 12.3 Å². The van der Waals surface area contributed by atoms with Crippen molar-refractivity contribution in [3.63, 3.8) is 0 Å². The van der Waals surface area contributed by atoms with Crippen molar-refractivity contribution >= 4 is 11.9 Å². The molecule has 0 aromatic carbocycles. The van der Waals surface area contributed by atoms with Crippen LogP contribution in [0.2, 0.25) is 0 Å². The van der Waals surface area contributed by atoms with Gasteiger partial charge in [0.25, 0.3) is 0 Å². The van der Waals surface area contributed by atoms with Crippen LogP contribution in [0.15, 0.2) is 12.3 Å². The first-order chi connectivity index (χ1) is 12.9. The van der Waals surface area contributed by atoms with Crippen molar-refractivity contribution in [1.29, 1.82) is 0 Å². The summed E-state index contributed by atoms with van der Waals surface area (Å²) in [4.78, 5) is 30.8. The van der Waals surface area contributed by atoms with Crippen molar-refractivity contribution in [3.8, 4) is 0 Å². The lowest BCUT2D eigenvalue weighted by atomic mass is 9.85. The lowest BCUT2D eigenvalue weighted by Crippen LogP contribution is -2.40. The van der Waals surface area contributed by atoms with Gasteiger partial charge in [0.2, 0.25) is 0 Å². The van der Waals surface area contributed by atoms with Crippen molar-refractivity contribution in [2.24, 2.45) is 11.8 Å². The van der Waals surface area contributed by atoms with E-state index in [4.69, 9.17) is 4.74 Å². The van der Waals surface area contributed by atoms with Crippen molar-refractivity contribution in [3.05, 3.63) is 29.1 Å². The highest BCUT2D eigenvalue weighted by atomic mass is 19.4. The first-order valence-corrected chi connectivity index (χ1v) is 9.51. The van der Waals surface area contributed by atoms with Crippen LogP contribution in [-0.2, 0) is 17.3 Å². The summed E-state index contributed by atoms with van der Waals surface area (Å²) in [6, 6.07) is 0.918. The van der Waals surface area contributed by atoms with Gasteiger partial charge in [-0.15, -0.1) is 0 Å². The van der Waals surface area contributed by atoms with E-state index in [1.165, 1.54) is 0 Å². The maximum atomic E-state index is 13.0. The summed E-state index contributed by atoms with van der Waals surface area (Å²) in [7, 11) is 0. The molecule has 154 valence electrons. The topological polar surface area (TPSA) is 59.5 Å². The van der Waals surface area contributed by atoms with Gasteiger partial charge in [0.1, 0.15) is 5.60 Å². The third-order valence-electron chi connectivity index (χ3n) is 5.28. The Hall–Kier alpha value is -2.12. The molecule has 1 aliphatic heterocycles. The summed E-state index contributed by atoms with van der Waals surface area (Å²) in [5.74, 6) is -0.361. The van der Waals surface area contributed by atoms with E-state index in [9.17, 15) is 22.8 Å². The largest absolute Gasteiger partial charge is 0.444 e. The Morgan fingerprint density at radius 2 is 1.93 bits per heavy atom. The molecule has 0 N–H and O–H groups in total. The summed E-state index contributed by atoms with van der Waals surface area (Å²) in [5, 5.41) is 0. The van der Waals surface area contributed by atoms with E-state index in [1.807, 2.05) is 0 Å². The maximum absolute atomic E-state index is 13.0. The molecule has 1 fully saturated rings. The van der Waals surface area contributed by atoms with Gasteiger partial charge in [-0.25, -0.2) is 4.79 Å². The van der Waals surface area contributed by atoms with Gasteiger partial charge in [0.05, 0.1) is 11.3 Å². The summed E-state index contributed by atoms with van der Waals surface area (Å²) in [6.07, 6.45) is -2.04. The molecule has 0 radical (unpaired) electrons. The Bertz CT molecular complexity index is 771. The van der Waals surface area contributed by atoms with E-state index in [0.717, 1.165) is 25.1 Å². The summed E-state index contributed by atoms with van der Waals surface area (Å²) >= 11 is 0. The molecule has 1 aromatic rings. The van der Waals surface area contributed by atoms with E-state index in [1.54, 1.807) is 25.7 Å². The van der Waals surface area contributed by atoms with Crippen LogP contribution in [0.1, 0.15) is 61.6 Å². The fourth-order valence-corrected chi connectivity index (χ4v) is 3.94. The highest BCUT2D eigenvalue weighted by Crippen LogP contribution is 2.36. The van der Waals surface area contributed by atoms with Gasteiger partial charge < -0.3 is 9.64 Å². The number of alkyl halides is 3. The number of ketones is 1. The molecule has 2 aliphatic rings. The van der Waals surface area contributed by atoms with E-state index >= 15 is 0 Å². The molecule has 2 atom stereocenters. The highest BCUT2D eigenvalue weighted by Gasteiger charge is 2.38.